The molecule has 0 spiro atoms. The summed E-state index contributed by atoms with van der Waals surface area (Å²) in [7, 11) is 0. The van der Waals surface area contributed by atoms with Crippen LogP contribution in [0.1, 0.15) is 52.0 Å². The summed E-state index contributed by atoms with van der Waals surface area (Å²) >= 11 is 0. The summed E-state index contributed by atoms with van der Waals surface area (Å²) in [4.78, 5) is 26.6. The van der Waals surface area contributed by atoms with E-state index in [-0.39, 0.29) is 42.5 Å². The number of aryl methyl sites for hydroxylation is 1. The van der Waals surface area contributed by atoms with Gasteiger partial charge in [-0.2, -0.15) is 26.3 Å². The van der Waals surface area contributed by atoms with Gasteiger partial charge in [0.2, 0.25) is 0 Å². The van der Waals surface area contributed by atoms with Crippen molar-refractivity contribution in [1.82, 2.24) is 4.90 Å². The van der Waals surface area contributed by atoms with Crippen LogP contribution in [0.25, 0.3) is 0 Å². The number of carbonyl (C=O) groups is 2. The number of carboxylic acids is 1. The molecule has 0 aliphatic heterocycles. The first-order valence-corrected chi connectivity index (χ1v) is 14.8. The number of ether oxygens (including phenoxy) is 2. The highest BCUT2D eigenvalue weighted by molar-refractivity contribution is 5.94. The molecule has 0 radical (unpaired) electrons. The molecule has 4 aromatic carbocycles. The zero-order valence-electron chi connectivity index (χ0n) is 26.3. The van der Waals surface area contributed by atoms with E-state index in [9.17, 15) is 41.0 Å². The standard InChI is InChI=1S/C36H33F6NO5/c1-23-18-30(12-13-31(23)48-34(2,3)33(45)46)47-29-11-7-10-26(21-29)32(44)43(16-14-24-8-5-4-6-9-24)17-15-25-19-27(35(37,38)39)22-28(20-25)36(40,41)42/h4-13,18-22H,14-17H2,1-3H3,(H,45,46). The normalized spacial score (nSPS) is 12.0. The van der Waals surface area contributed by atoms with Crippen molar-refractivity contribution in [2.45, 2.75) is 51.6 Å². The summed E-state index contributed by atoms with van der Waals surface area (Å²) in [5, 5.41) is 9.35. The van der Waals surface area contributed by atoms with Crippen molar-refractivity contribution in [3.8, 4) is 17.2 Å². The summed E-state index contributed by atoms with van der Waals surface area (Å²) in [6.45, 7) is 4.55. The minimum absolute atomic E-state index is 0.0756. The van der Waals surface area contributed by atoms with E-state index in [0.29, 0.717) is 35.6 Å². The van der Waals surface area contributed by atoms with Crippen molar-refractivity contribution < 1.29 is 50.5 Å². The smallest absolute Gasteiger partial charge is 0.416 e. The zero-order chi connectivity index (χ0) is 35.3. The lowest BCUT2D eigenvalue weighted by Crippen LogP contribution is -2.38. The summed E-state index contributed by atoms with van der Waals surface area (Å²) in [5.41, 5.74) is -2.82. The highest BCUT2D eigenvalue weighted by atomic mass is 19.4. The van der Waals surface area contributed by atoms with Gasteiger partial charge < -0.3 is 19.5 Å². The Labute approximate surface area is 273 Å². The molecule has 0 saturated carbocycles. The number of alkyl halides is 6. The predicted octanol–water partition coefficient (Wildman–Crippen LogP) is 8.99. The Morgan fingerprint density at radius 3 is 1.85 bits per heavy atom. The molecule has 0 unspecified atom stereocenters. The van der Waals surface area contributed by atoms with E-state index in [1.807, 2.05) is 30.3 Å². The zero-order valence-corrected chi connectivity index (χ0v) is 26.3. The maximum Gasteiger partial charge on any atom is 0.416 e. The van der Waals surface area contributed by atoms with Gasteiger partial charge in [-0.3, -0.25) is 4.79 Å². The van der Waals surface area contributed by atoms with Gasteiger partial charge in [-0.25, -0.2) is 4.79 Å². The summed E-state index contributed by atoms with van der Waals surface area (Å²) < 4.78 is 92.3. The molecule has 0 aliphatic carbocycles. The number of hydrogen-bond donors (Lipinski definition) is 1. The first-order valence-electron chi connectivity index (χ1n) is 14.8. The summed E-state index contributed by atoms with van der Waals surface area (Å²) in [5.74, 6) is -0.618. The third kappa shape index (κ3) is 9.52. The van der Waals surface area contributed by atoms with Gasteiger partial charge in [0.15, 0.2) is 5.60 Å². The second-order valence-corrected chi connectivity index (χ2v) is 11.7. The number of rotatable bonds is 12. The van der Waals surface area contributed by atoms with Crippen LogP contribution in [0.5, 0.6) is 17.2 Å². The Balaban J connectivity index is 1.57. The second-order valence-electron chi connectivity index (χ2n) is 11.7. The molecule has 0 fully saturated rings. The topological polar surface area (TPSA) is 76.1 Å². The summed E-state index contributed by atoms with van der Waals surface area (Å²) in [6, 6.07) is 21.6. The largest absolute Gasteiger partial charge is 0.478 e. The minimum atomic E-state index is -4.99. The second kappa shape index (κ2) is 14.4. The number of hydrogen-bond acceptors (Lipinski definition) is 4. The Morgan fingerprint density at radius 2 is 1.29 bits per heavy atom. The van der Waals surface area contributed by atoms with Crippen LogP contribution in [0.2, 0.25) is 0 Å². The molecule has 0 aromatic heterocycles. The number of aliphatic carboxylic acids is 1. The molecule has 0 bridgehead atoms. The maximum atomic E-state index is 13.8. The maximum absolute atomic E-state index is 13.8. The molecule has 254 valence electrons. The van der Waals surface area contributed by atoms with E-state index in [1.54, 1.807) is 37.3 Å². The number of halogens is 6. The number of benzene rings is 4. The van der Waals surface area contributed by atoms with Crippen LogP contribution < -0.4 is 9.47 Å². The molecule has 1 amide bonds. The molecular formula is C36H33F6NO5. The molecule has 0 heterocycles. The first-order chi connectivity index (χ1) is 22.4. The highest BCUT2D eigenvalue weighted by Gasteiger charge is 2.37. The van der Waals surface area contributed by atoms with Crippen molar-refractivity contribution >= 4 is 11.9 Å². The fraction of sp³-hybridized carbons (Fsp3) is 0.278. The van der Waals surface area contributed by atoms with Crippen molar-refractivity contribution in [3.63, 3.8) is 0 Å². The van der Waals surface area contributed by atoms with Gasteiger partial charge in [0.1, 0.15) is 17.2 Å². The van der Waals surface area contributed by atoms with E-state index < -0.39 is 41.0 Å². The molecule has 0 atom stereocenters. The quantitative estimate of drug-likeness (QED) is 0.152. The van der Waals surface area contributed by atoms with Crippen molar-refractivity contribution in [3.05, 3.63) is 124 Å². The van der Waals surface area contributed by atoms with Gasteiger partial charge >= 0.3 is 18.3 Å². The van der Waals surface area contributed by atoms with Gasteiger partial charge in [0.25, 0.3) is 5.91 Å². The van der Waals surface area contributed by atoms with Crippen LogP contribution in [-0.4, -0.2) is 40.6 Å². The molecular weight excluding hydrogens is 640 g/mol. The number of carboxylic acid groups (broad SMARTS) is 1. The van der Waals surface area contributed by atoms with E-state index in [0.717, 1.165) is 5.56 Å². The molecule has 0 aliphatic rings. The number of amides is 1. The van der Waals surface area contributed by atoms with Crippen LogP contribution >= 0.6 is 0 Å². The van der Waals surface area contributed by atoms with E-state index in [4.69, 9.17) is 9.47 Å². The Bertz CT molecular complexity index is 1720. The van der Waals surface area contributed by atoms with Crippen LogP contribution in [0, 0.1) is 6.92 Å². The Kier molecular flexibility index (Phi) is 10.8. The average molecular weight is 674 g/mol. The Hall–Kier alpha value is -5.00. The van der Waals surface area contributed by atoms with Gasteiger partial charge in [-0.1, -0.05) is 36.4 Å². The number of nitrogens with zero attached hydrogens (tertiary/aromatic N) is 1. The van der Waals surface area contributed by atoms with Crippen molar-refractivity contribution in [1.29, 1.82) is 0 Å². The van der Waals surface area contributed by atoms with Crippen LogP contribution in [0.4, 0.5) is 26.3 Å². The molecule has 1 N–H and O–H groups in total. The van der Waals surface area contributed by atoms with Crippen molar-refractivity contribution in [2.75, 3.05) is 13.1 Å². The van der Waals surface area contributed by atoms with E-state index >= 15 is 0 Å². The Morgan fingerprint density at radius 1 is 0.708 bits per heavy atom. The van der Waals surface area contributed by atoms with Crippen LogP contribution in [0.15, 0.2) is 91.0 Å². The van der Waals surface area contributed by atoms with Crippen molar-refractivity contribution in [2.24, 2.45) is 0 Å². The van der Waals surface area contributed by atoms with Gasteiger partial charge in [0, 0.05) is 18.7 Å². The lowest BCUT2D eigenvalue weighted by Gasteiger charge is -2.24. The SMILES string of the molecule is Cc1cc(Oc2cccc(C(=O)N(CCc3ccccc3)CCc3cc(C(F)(F)F)cc(C(F)(F)F)c3)c2)ccc1OC(C)(C)C(=O)O. The predicted molar refractivity (Wildman–Crippen MR) is 166 cm³/mol. The van der Waals surface area contributed by atoms with E-state index in [1.165, 1.54) is 30.9 Å². The third-order valence-corrected chi connectivity index (χ3v) is 7.46. The molecule has 4 rings (SSSR count). The lowest BCUT2D eigenvalue weighted by molar-refractivity contribution is -0.152. The number of carbonyl (C=O) groups excluding carboxylic acids is 1. The monoisotopic (exact) mass is 673 g/mol. The molecule has 0 saturated heterocycles. The summed E-state index contributed by atoms with van der Waals surface area (Å²) in [6.07, 6.45) is -9.83. The molecule has 6 nitrogen and oxygen atoms in total. The lowest BCUT2D eigenvalue weighted by atomic mass is 10.0. The van der Waals surface area contributed by atoms with Crippen LogP contribution in [0.3, 0.4) is 0 Å². The molecule has 48 heavy (non-hydrogen) atoms. The van der Waals surface area contributed by atoms with Crippen LogP contribution in [-0.2, 0) is 30.0 Å². The minimum Gasteiger partial charge on any atom is -0.478 e. The average Bonchev–Trinajstić information content (AvgIpc) is 3.01. The fourth-order valence-corrected chi connectivity index (χ4v) is 4.78. The fourth-order valence-electron chi connectivity index (χ4n) is 4.78. The molecule has 12 heteroatoms. The highest BCUT2D eigenvalue weighted by Crippen LogP contribution is 2.36. The van der Waals surface area contributed by atoms with Gasteiger partial charge in [0.05, 0.1) is 11.1 Å². The van der Waals surface area contributed by atoms with Gasteiger partial charge in [-0.15, -0.1) is 0 Å². The van der Waals surface area contributed by atoms with Gasteiger partial charge in [-0.05, 0) is 105 Å². The van der Waals surface area contributed by atoms with E-state index in [2.05, 4.69) is 0 Å². The first kappa shape index (κ1) is 35.8. The molecule has 4 aromatic rings. The third-order valence-electron chi connectivity index (χ3n) is 7.46.